The Balaban J connectivity index is 1.47. The minimum atomic E-state index is 0.276. The molecule has 0 aromatic heterocycles. The predicted molar refractivity (Wildman–Crippen MR) is 128 cm³/mol. The molecule has 30 heavy (non-hydrogen) atoms. The first-order valence-corrected chi connectivity index (χ1v) is 13.3. The number of ether oxygens (including phenoxy) is 1. The van der Waals surface area contributed by atoms with Crippen molar-refractivity contribution in [2.45, 2.75) is 111 Å². The van der Waals surface area contributed by atoms with Gasteiger partial charge in [0.25, 0.3) is 0 Å². The molecular weight excluding hydrogens is 364 g/mol. The zero-order valence-electron chi connectivity index (χ0n) is 20.6. The van der Waals surface area contributed by atoms with E-state index in [1.165, 1.54) is 70.6 Å². The maximum Gasteiger partial charge on any atom is 0.116 e. The van der Waals surface area contributed by atoms with Crippen LogP contribution in [0.5, 0.6) is 0 Å². The summed E-state index contributed by atoms with van der Waals surface area (Å²) in [6.07, 6.45) is 19.9. The lowest BCUT2D eigenvalue weighted by Crippen LogP contribution is -2.51. The standard InChI is InChI=1S/C29H48O/c1-7-30-23-15-17-28(5)22(19-23)11-12-24-26-14-13-25(21(4)10-8-9-20(2)3)29(26,6)18-16-27(24)28/h7,19-21,23-27H,1,8-18H2,2-6H3/t21-,23+,24?,25-,26?,27?,28+,29-/m1/s1. The van der Waals surface area contributed by atoms with Crippen LogP contribution < -0.4 is 0 Å². The van der Waals surface area contributed by atoms with Crippen molar-refractivity contribution in [1.82, 2.24) is 0 Å². The highest BCUT2D eigenvalue weighted by Gasteiger charge is 2.59. The van der Waals surface area contributed by atoms with Gasteiger partial charge in [0.1, 0.15) is 6.10 Å². The van der Waals surface area contributed by atoms with Crippen molar-refractivity contribution in [2.75, 3.05) is 0 Å². The van der Waals surface area contributed by atoms with Crippen molar-refractivity contribution in [3.63, 3.8) is 0 Å². The first-order chi connectivity index (χ1) is 14.3. The summed E-state index contributed by atoms with van der Waals surface area (Å²) in [7, 11) is 0. The van der Waals surface area contributed by atoms with Crippen LogP contribution in [0.2, 0.25) is 0 Å². The summed E-state index contributed by atoms with van der Waals surface area (Å²) in [5.41, 5.74) is 2.77. The van der Waals surface area contributed by atoms with Crippen LogP contribution in [0.4, 0.5) is 0 Å². The zero-order valence-corrected chi connectivity index (χ0v) is 20.6. The molecule has 0 spiro atoms. The van der Waals surface area contributed by atoms with Crippen molar-refractivity contribution >= 4 is 0 Å². The van der Waals surface area contributed by atoms with Crippen molar-refractivity contribution in [3.8, 4) is 0 Å². The molecule has 0 heterocycles. The zero-order chi connectivity index (χ0) is 21.5. The van der Waals surface area contributed by atoms with Gasteiger partial charge in [-0.05, 0) is 104 Å². The minimum absolute atomic E-state index is 0.276. The molecule has 0 aromatic rings. The second kappa shape index (κ2) is 8.67. The summed E-state index contributed by atoms with van der Waals surface area (Å²) in [5, 5.41) is 0. The second-order valence-electron chi connectivity index (χ2n) is 12.4. The van der Waals surface area contributed by atoms with Crippen molar-refractivity contribution in [3.05, 3.63) is 24.5 Å². The van der Waals surface area contributed by atoms with Crippen molar-refractivity contribution < 1.29 is 4.74 Å². The lowest BCUT2D eigenvalue weighted by molar-refractivity contribution is -0.0629. The normalized spacial score (nSPS) is 43.9. The number of hydrogen-bond donors (Lipinski definition) is 0. The van der Waals surface area contributed by atoms with E-state index in [9.17, 15) is 0 Å². The van der Waals surface area contributed by atoms with Gasteiger partial charge in [-0.1, -0.05) is 66.0 Å². The third kappa shape index (κ3) is 3.81. The van der Waals surface area contributed by atoms with Gasteiger partial charge in [-0.15, -0.1) is 0 Å². The van der Waals surface area contributed by atoms with Gasteiger partial charge in [0.05, 0.1) is 6.26 Å². The second-order valence-corrected chi connectivity index (χ2v) is 12.4. The smallest absolute Gasteiger partial charge is 0.116 e. The third-order valence-electron chi connectivity index (χ3n) is 10.5. The molecule has 4 aliphatic carbocycles. The third-order valence-corrected chi connectivity index (χ3v) is 10.5. The minimum Gasteiger partial charge on any atom is -0.495 e. The quantitative estimate of drug-likeness (QED) is 0.300. The number of rotatable bonds is 7. The average molecular weight is 413 g/mol. The summed E-state index contributed by atoms with van der Waals surface area (Å²) in [6.45, 7) is 16.5. The molecule has 4 aliphatic rings. The van der Waals surface area contributed by atoms with Crippen LogP contribution in [0.15, 0.2) is 24.5 Å². The van der Waals surface area contributed by atoms with Gasteiger partial charge in [-0.25, -0.2) is 0 Å². The monoisotopic (exact) mass is 412 g/mol. The highest BCUT2D eigenvalue weighted by Crippen LogP contribution is 2.67. The van der Waals surface area contributed by atoms with E-state index >= 15 is 0 Å². The Morgan fingerprint density at radius 3 is 2.57 bits per heavy atom. The van der Waals surface area contributed by atoms with Crippen LogP contribution in [0.3, 0.4) is 0 Å². The molecule has 3 fully saturated rings. The Morgan fingerprint density at radius 2 is 1.83 bits per heavy atom. The van der Waals surface area contributed by atoms with Crippen LogP contribution in [0.1, 0.15) is 105 Å². The Bertz CT molecular complexity index is 647. The summed E-state index contributed by atoms with van der Waals surface area (Å²) < 4.78 is 5.77. The van der Waals surface area contributed by atoms with Gasteiger partial charge in [-0.3, -0.25) is 0 Å². The van der Waals surface area contributed by atoms with E-state index in [-0.39, 0.29) is 6.10 Å². The van der Waals surface area contributed by atoms with Crippen LogP contribution >= 0.6 is 0 Å². The van der Waals surface area contributed by atoms with Gasteiger partial charge in [-0.2, -0.15) is 0 Å². The predicted octanol–water partition coefficient (Wildman–Crippen LogP) is 8.56. The Labute approximate surface area is 187 Å². The van der Waals surface area contributed by atoms with E-state index in [4.69, 9.17) is 4.74 Å². The highest BCUT2D eigenvalue weighted by molar-refractivity contribution is 5.25. The SMILES string of the molecule is C=CO[C@@H]1C=C2CCC3C(CC[C@@]4(C)C3CC[C@@H]4[C@H](C)CCCC(C)C)[C@@]2(C)CC1. The van der Waals surface area contributed by atoms with Crippen molar-refractivity contribution in [1.29, 1.82) is 0 Å². The maximum absolute atomic E-state index is 5.77. The molecule has 170 valence electrons. The van der Waals surface area contributed by atoms with E-state index < -0.39 is 0 Å². The molecular formula is C29H48O. The highest BCUT2D eigenvalue weighted by atomic mass is 16.5. The molecule has 4 rings (SSSR count). The fraction of sp³-hybridized carbons (Fsp3) is 0.862. The van der Waals surface area contributed by atoms with Gasteiger partial charge >= 0.3 is 0 Å². The molecule has 3 unspecified atom stereocenters. The molecule has 1 heteroatoms. The molecule has 3 saturated carbocycles. The molecule has 0 N–H and O–H groups in total. The lowest BCUT2D eigenvalue weighted by atomic mass is 9.46. The van der Waals surface area contributed by atoms with E-state index in [1.807, 2.05) is 0 Å². The average Bonchev–Trinajstić information content (AvgIpc) is 3.05. The molecule has 1 nitrogen and oxygen atoms in total. The maximum atomic E-state index is 5.77. The van der Waals surface area contributed by atoms with Gasteiger partial charge in [0.15, 0.2) is 0 Å². The van der Waals surface area contributed by atoms with E-state index in [0.717, 1.165) is 35.5 Å². The van der Waals surface area contributed by atoms with Crippen LogP contribution in [0.25, 0.3) is 0 Å². The first kappa shape index (κ1) is 22.5. The number of fused-ring (bicyclic) bond motifs is 5. The number of hydrogen-bond acceptors (Lipinski definition) is 1. The first-order valence-electron chi connectivity index (χ1n) is 13.3. The lowest BCUT2D eigenvalue weighted by Gasteiger charge is -2.59. The van der Waals surface area contributed by atoms with Gasteiger partial charge in [0.2, 0.25) is 0 Å². The summed E-state index contributed by atoms with van der Waals surface area (Å²) in [4.78, 5) is 0. The topological polar surface area (TPSA) is 9.23 Å². The van der Waals surface area contributed by atoms with E-state index in [0.29, 0.717) is 10.8 Å². The molecule has 0 amide bonds. The summed E-state index contributed by atoms with van der Waals surface area (Å²) in [6, 6.07) is 0. The van der Waals surface area contributed by atoms with E-state index in [1.54, 1.807) is 11.8 Å². The fourth-order valence-corrected chi connectivity index (χ4v) is 8.95. The van der Waals surface area contributed by atoms with E-state index in [2.05, 4.69) is 47.3 Å². The number of allylic oxidation sites excluding steroid dienone is 1. The Morgan fingerprint density at radius 1 is 1.03 bits per heavy atom. The Kier molecular flexibility index (Phi) is 6.49. The summed E-state index contributed by atoms with van der Waals surface area (Å²) >= 11 is 0. The van der Waals surface area contributed by atoms with Crippen LogP contribution in [0, 0.1) is 46.3 Å². The van der Waals surface area contributed by atoms with Crippen LogP contribution in [-0.4, -0.2) is 6.10 Å². The molecule has 8 atom stereocenters. The van der Waals surface area contributed by atoms with Crippen LogP contribution in [-0.2, 0) is 4.74 Å². The summed E-state index contributed by atoms with van der Waals surface area (Å²) in [5.74, 6) is 5.60. The van der Waals surface area contributed by atoms with Gasteiger partial charge < -0.3 is 4.74 Å². The Hall–Kier alpha value is -0.720. The fourth-order valence-electron chi connectivity index (χ4n) is 8.95. The molecule has 0 bridgehead atoms. The molecule has 0 aromatic carbocycles. The molecule has 0 aliphatic heterocycles. The molecule has 0 saturated heterocycles. The van der Waals surface area contributed by atoms with Crippen molar-refractivity contribution in [2.24, 2.45) is 46.3 Å². The molecule has 0 radical (unpaired) electrons. The van der Waals surface area contributed by atoms with Gasteiger partial charge in [0, 0.05) is 0 Å². The largest absolute Gasteiger partial charge is 0.495 e.